The van der Waals surface area contributed by atoms with Crippen molar-refractivity contribution >= 4 is 27.8 Å². The van der Waals surface area contributed by atoms with Crippen molar-refractivity contribution in [1.29, 1.82) is 0 Å². The number of benzene rings is 3. The average molecular weight is 418 g/mol. The van der Waals surface area contributed by atoms with Gasteiger partial charge in [-0.25, -0.2) is 4.68 Å². The molecular weight excluding hydrogens is 402 g/mol. The molecule has 132 valence electrons. The highest BCUT2D eigenvalue weighted by atomic mass is 79.9. The molecule has 0 aliphatic rings. The number of aromatic amines is 1. The van der Waals surface area contributed by atoms with Crippen molar-refractivity contribution in [3.05, 3.63) is 105 Å². The summed E-state index contributed by atoms with van der Waals surface area (Å²) in [6.45, 7) is 0. The summed E-state index contributed by atoms with van der Waals surface area (Å²) in [7, 11) is 0. The van der Waals surface area contributed by atoms with Crippen LogP contribution in [0, 0.1) is 0 Å². The largest absolute Gasteiger partial charge is 0.290 e. The van der Waals surface area contributed by atoms with Crippen LogP contribution >= 0.6 is 15.9 Å². The average Bonchev–Trinajstić information content (AvgIpc) is 3.05. The van der Waals surface area contributed by atoms with E-state index in [2.05, 4.69) is 26.0 Å². The Morgan fingerprint density at radius 2 is 1.48 bits per heavy atom. The van der Waals surface area contributed by atoms with E-state index < -0.39 is 0 Å². The van der Waals surface area contributed by atoms with E-state index in [1.54, 1.807) is 10.9 Å². The van der Waals surface area contributed by atoms with E-state index in [1.807, 2.05) is 84.9 Å². The van der Waals surface area contributed by atoms with Gasteiger partial charge in [-0.3, -0.25) is 14.9 Å². The molecule has 1 aromatic heterocycles. The van der Waals surface area contributed by atoms with Crippen LogP contribution in [-0.2, 0) is 0 Å². The number of hydrogen-bond donors (Lipinski definition) is 1. The fourth-order valence-electron chi connectivity index (χ4n) is 2.82. The molecule has 0 radical (unpaired) electrons. The summed E-state index contributed by atoms with van der Waals surface area (Å²) in [4.78, 5) is 17.6. The zero-order valence-corrected chi connectivity index (χ0v) is 15.9. The van der Waals surface area contributed by atoms with Crippen LogP contribution in [0.15, 0.2) is 99.2 Å². The Hall–Kier alpha value is -3.18. The maximum absolute atomic E-state index is 13.1. The molecule has 0 aliphatic heterocycles. The number of nitrogens with one attached hydrogen (secondary N) is 1. The van der Waals surface area contributed by atoms with Gasteiger partial charge in [0.05, 0.1) is 22.6 Å². The Bertz CT molecular complexity index is 1130. The number of aromatic nitrogens is 2. The van der Waals surface area contributed by atoms with Gasteiger partial charge in [0, 0.05) is 16.3 Å². The third kappa shape index (κ3) is 3.68. The van der Waals surface area contributed by atoms with Gasteiger partial charge in [0.1, 0.15) is 0 Å². The number of hydrogen-bond acceptors (Lipinski definition) is 2. The highest BCUT2D eigenvalue weighted by Crippen LogP contribution is 2.21. The number of H-pyrrole nitrogens is 1. The molecule has 1 N–H and O–H groups in total. The summed E-state index contributed by atoms with van der Waals surface area (Å²) in [5.41, 5.74) is 3.62. The van der Waals surface area contributed by atoms with Crippen LogP contribution in [0.3, 0.4) is 0 Å². The first-order valence-corrected chi connectivity index (χ1v) is 9.27. The first-order valence-electron chi connectivity index (χ1n) is 8.48. The number of halogens is 1. The molecule has 0 saturated heterocycles. The lowest BCUT2D eigenvalue weighted by atomic mass is 10.1. The molecule has 0 atom stereocenters. The van der Waals surface area contributed by atoms with Gasteiger partial charge in [-0.2, -0.15) is 0 Å². The van der Waals surface area contributed by atoms with Crippen LogP contribution in [0.2, 0.25) is 0 Å². The second-order valence-electron chi connectivity index (χ2n) is 5.98. The Labute approximate surface area is 164 Å². The van der Waals surface area contributed by atoms with Crippen LogP contribution < -0.4 is 5.56 Å². The fourth-order valence-corrected chi connectivity index (χ4v) is 3.08. The smallest absolute Gasteiger partial charge is 0.280 e. The van der Waals surface area contributed by atoms with Crippen LogP contribution in [0.25, 0.3) is 16.9 Å². The molecule has 4 rings (SSSR count). The lowest BCUT2D eigenvalue weighted by Crippen LogP contribution is -2.17. The first kappa shape index (κ1) is 17.2. The quantitative estimate of drug-likeness (QED) is 0.447. The summed E-state index contributed by atoms with van der Waals surface area (Å²) >= 11 is 3.41. The Kier molecular flexibility index (Phi) is 4.85. The molecule has 1 heterocycles. The van der Waals surface area contributed by atoms with Gasteiger partial charge >= 0.3 is 0 Å². The number of rotatable bonds is 4. The minimum atomic E-state index is -0.138. The standard InChI is InChI=1S/C22H16BrN3O/c23-17-11-13-18(14-12-17)24-15-20-21(16-7-3-1-4-8-16)25-26(22(20)27)19-9-5-2-6-10-19/h1-15,25H. The highest BCUT2D eigenvalue weighted by molar-refractivity contribution is 9.10. The van der Waals surface area contributed by atoms with E-state index in [4.69, 9.17) is 0 Å². The zero-order chi connectivity index (χ0) is 18.6. The van der Waals surface area contributed by atoms with E-state index in [-0.39, 0.29) is 5.56 Å². The third-order valence-electron chi connectivity index (χ3n) is 4.17. The maximum Gasteiger partial charge on any atom is 0.280 e. The van der Waals surface area contributed by atoms with Gasteiger partial charge in [0.2, 0.25) is 0 Å². The molecule has 0 amide bonds. The van der Waals surface area contributed by atoms with E-state index in [1.165, 1.54) is 0 Å². The number of para-hydroxylation sites is 1. The topological polar surface area (TPSA) is 50.1 Å². The van der Waals surface area contributed by atoms with Crippen LogP contribution in [0.4, 0.5) is 5.69 Å². The van der Waals surface area contributed by atoms with Crippen molar-refractivity contribution in [2.45, 2.75) is 0 Å². The second-order valence-corrected chi connectivity index (χ2v) is 6.89. The second kappa shape index (κ2) is 7.60. The summed E-state index contributed by atoms with van der Waals surface area (Å²) in [6.07, 6.45) is 1.63. The predicted molar refractivity (Wildman–Crippen MR) is 113 cm³/mol. The third-order valence-corrected chi connectivity index (χ3v) is 4.70. The molecule has 5 heteroatoms. The van der Waals surface area contributed by atoms with Crippen molar-refractivity contribution in [3.63, 3.8) is 0 Å². The molecule has 0 bridgehead atoms. The zero-order valence-electron chi connectivity index (χ0n) is 14.3. The lowest BCUT2D eigenvalue weighted by Gasteiger charge is -2.01. The molecule has 0 aliphatic carbocycles. The molecule has 4 aromatic rings. The fraction of sp³-hybridized carbons (Fsp3) is 0. The van der Waals surface area contributed by atoms with E-state index in [0.717, 1.165) is 27.1 Å². The molecule has 0 spiro atoms. The number of aliphatic imine (C=N–C) groups is 1. The van der Waals surface area contributed by atoms with E-state index in [0.29, 0.717) is 5.56 Å². The highest BCUT2D eigenvalue weighted by Gasteiger charge is 2.15. The van der Waals surface area contributed by atoms with Gasteiger partial charge < -0.3 is 0 Å². The Morgan fingerprint density at radius 3 is 2.15 bits per heavy atom. The van der Waals surface area contributed by atoms with Crippen molar-refractivity contribution in [2.24, 2.45) is 4.99 Å². The van der Waals surface area contributed by atoms with Gasteiger partial charge in [-0.1, -0.05) is 64.5 Å². The van der Waals surface area contributed by atoms with Crippen molar-refractivity contribution in [3.8, 4) is 16.9 Å². The first-order chi connectivity index (χ1) is 13.2. The molecule has 0 fully saturated rings. The van der Waals surface area contributed by atoms with Crippen LogP contribution in [0.1, 0.15) is 5.56 Å². The van der Waals surface area contributed by atoms with Gasteiger partial charge in [-0.05, 0) is 36.4 Å². The van der Waals surface area contributed by atoms with E-state index >= 15 is 0 Å². The van der Waals surface area contributed by atoms with Crippen molar-refractivity contribution < 1.29 is 0 Å². The normalized spacial score (nSPS) is 11.1. The minimum absolute atomic E-state index is 0.138. The summed E-state index contributed by atoms with van der Waals surface area (Å²) in [6, 6.07) is 26.9. The molecule has 0 saturated carbocycles. The van der Waals surface area contributed by atoms with E-state index in [9.17, 15) is 4.79 Å². The molecule has 0 unspecified atom stereocenters. The predicted octanol–water partition coefficient (Wildman–Crippen LogP) is 5.35. The summed E-state index contributed by atoms with van der Waals surface area (Å²) in [5, 5.41) is 3.23. The SMILES string of the molecule is O=c1c(C=Nc2ccc(Br)cc2)c(-c2ccccc2)[nH]n1-c1ccccc1. The number of nitrogens with zero attached hydrogens (tertiary/aromatic N) is 2. The Morgan fingerprint density at radius 1 is 0.852 bits per heavy atom. The van der Waals surface area contributed by atoms with Gasteiger partial charge in [-0.15, -0.1) is 0 Å². The van der Waals surface area contributed by atoms with Crippen molar-refractivity contribution in [2.75, 3.05) is 0 Å². The Balaban J connectivity index is 1.85. The van der Waals surface area contributed by atoms with Crippen LogP contribution in [-0.4, -0.2) is 16.0 Å². The summed E-state index contributed by atoms with van der Waals surface area (Å²) in [5.74, 6) is 0. The van der Waals surface area contributed by atoms with Crippen LogP contribution in [0.5, 0.6) is 0 Å². The van der Waals surface area contributed by atoms with Crippen molar-refractivity contribution in [1.82, 2.24) is 9.78 Å². The summed E-state index contributed by atoms with van der Waals surface area (Å²) < 4.78 is 2.53. The maximum atomic E-state index is 13.1. The lowest BCUT2D eigenvalue weighted by molar-refractivity contribution is 0.852. The molecule has 27 heavy (non-hydrogen) atoms. The molecular formula is C22H16BrN3O. The monoisotopic (exact) mass is 417 g/mol. The van der Waals surface area contributed by atoms with Gasteiger partial charge in [0.15, 0.2) is 0 Å². The molecule has 4 nitrogen and oxygen atoms in total. The molecule has 3 aromatic carbocycles. The minimum Gasteiger partial charge on any atom is -0.290 e. The van der Waals surface area contributed by atoms with Gasteiger partial charge in [0.25, 0.3) is 5.56 Å².